The highest BCUT2D eigenvalue weighted by Gasteiger charge is 2.08. The van der Waals surface area contributed by atoms with E-state index >= 15 is 0 Å². The maximum Gasteiger partial charge on any atom is 0.330 e. The van der Waals surface area contributed by atoms with Gasteiger partial charge in [0.15, 0.2) is 0 Å². The highest BCUT2D eigenvalue weighted by molar-refractivity contribution is 5.81. The summed E-state index contributed by atoms with van der Waals surface area (Å²) in [4.78, 5) is 11.0. The van der Waals surface area contributed by atoms with Crippen LogP contribution in [0.2, 0.25) is 0 Å². The first kappa shape index (κ1) is 17.8. The Hall–Kier alpha value is -2.59. The maximum absolute atomic E-state index is 11.0. The Morgan fingerprint density at radius 1 is 1.17 bits per heavy atom. The van der Waals surface area contributed by atoms with Crippen LogP contribution in [0, 0.1) is 6.92 Å². The van der Waals surface area contributed by atoms with Crippen molar-refractivity contribution in [3.63, 3.8) is 0 Å². The highest BCUT2D eigenvalue weighted by Crippen LogP contribution is 2.31. The number of carbonyl (C=O) groups excluding carboxylic acids is 1. The molecule has 2 rings (SSSR count). The largest absolute Gasteiger partial charge is 0.489 e. The number of aliphatic hydroxyl groups excluding tert-OH is 1. The van der Waals surface area contributed by atoms with Gasteiger partial charge in [-0.2, -0.15) is 0 Å². The Morgan fingerprint density at radius 3 is 2.58 bits per heavy atom. The van der Waals surface area contributed by atoms with Crippen LogP contribution in [-0.2, 0) is 16.0 Å². The minimum Gasteiger partial charge on any atom is -0.489 e. The van der Waals surface area contributed by atoms with Crippen molar-refractivity contribution >= 4 is 5.97 Å². The van der Waals surface area contributed by atoms with Gasteiger partial charge in [-0.15, -0.1) is 0 Å². The van der Waals surface area contributed by atoms with Crippen molar-refractivity contribution in [2.45, 2.75) is 13.3 Å². The van der Waals surface area contributed by atoms with Crippen LogP contribution in [0.25, 0.3) is 11.1 Å². The molecule has 0 heterocycles. The fourth-order valence-corrected chi connectivity index (χ4v) is 2.32. The van der Waals surface area contributed by atoms with Gasteiger partial charge < -0.3 is 14.6 Å². The zero-order valence-corrected chi connectivity index (χ0v) is 13.8. The number of benzene rings is 2. The molecule has 24 heavy (non-hydrogen) atoms. The van der Waals surface area contributed by atoms with Gasteiger partial charge in [0.2, 0.25) is 0 Å². The Bertz CT molecular complexity index is 689. The topological polar surface area (TPSA) is 55.8 Å². The fourth-order valence-electron chi connectivity index (χ4n) is 2.32. The van der Waals surface area contributed by atoms with Crippen LogP contribution in [0.5, 0.6) is 5.75 Å². The molecule has 2 aromatic rings. The molecule has 0 aromatic heterocycles. The molecule has 0 aliphatic carbocycles. The van der Waals surface area contributed by atoms with E-state index in [4.69, 9.17) is 14.6 Å². The van der Waals surface area contributed by atoms with E-state index in [-0.39, 0.29) is 19.8 Å². The summed E-state index contributed by atoms with van der Waals surface area (Å²) < 4.78 is 10.7. The summed E-state index contributed by atoms with van der Waals surface area (Å²) in [6.45, 7) is 5.94. The van der Waals surface area contributed by atoms with Crippen molar-refractivity contribution in [3.05, 3.63) is 66.2 Å². The average Bonchev–Trinajstić information content (AvgIpc) is 2.60. The molecule has 0 atom stereocenters. The number of carbonyl (C=O) groups is 1. The molecular formula is C20H22O4. The predicted octanol–water partition coefficient (Wildman–Crippen LogP) is 3.30. The fraction of sp³-hybridized carbons (Fsp3) is 0.250. The molecule has 0 aliphatic rings. The van der Waals surface area contributed by atoms with Crippen LogP contribution in [0.1, 0.15) is 11.1 Å². The third kappa shape index (κ3) is 4.96. The van der Waals surface area contributed by atoms with Gasteiger partial charge in [-0.1, -0.05) is 43.0 Å². The number of hydrogen-bond donors (Lipinski definition) is 1. The number of ether oxygens (including phenoxy) is 2. The number of esters is 1. The Morgan fingerprint density at radius 2 is 1.92 bits per heavy atom. The summed E-state index contributed by atoms with van der Waals surface area (Å²) in [6, 6.07) is 14.0. The first-order valence-electron chi connectivity index (χ1n) is 7.87. The summed E-state index contributed by atoms with van der Waals surface area (Å²) in [7, 11) is 0. The standard InChI is InChI=1S/C20H22O4/c1-3-20(22)24-13-12-23-19-14-15(2)4-9-18(19)17-7-5-16(6-8-17)10-11-21/h3-9,14,21H,1,10-13H2,2H3. The van der Waals surface area contributed by atoms with Gasteiger partial charge in [0.1, 0.15) is 19.0 Å². The molecular weight excluding hydrogens is 304 g/mol. The van der Waals surface area contributed by atoms with Gasteiger partial charge in [-0.25, -0.2) is 4.79 Å². The second-order valence-electron chi connectivity index (χ2n) is 5.39. The Labute approximate surface area is 142 Å². The predicted molar refractivity (Wildman–Crippen MR) is 94.1 cm³/mol. The smallest absolute Gasteiger partial charge is 0.330 e. The monoisotopic (exact) mass is 326 g/mol. The molecule has 0 bridgehead atoms. The van der Waals surface area contributed by atoms with E-state index in [0.717, 1.165) is 34.1 Å². The Kier molecular flexibility index (Phi) is 6.58. The van der Waals surface area contributed by atoms with E-state index in [1.165, 1.54) is 0 Å². The van der Waals surface area contributed by atoms with Gasteiger partial charge in [0.25, 0.3) is 0 Å². The number of aryl methyl sites for hydroxylation is 1. The quantitative estimate of drug-likeness (QED) is 0.459. The normalized spacial score (nSPS) is 10.2. The zero-order chi connectivity index (χ0) is 17.4. The lowest BCUT2D eigenvalue weighted by Gasteiger charge is -2.13. The third-order valence-corrected chi connectivity index (χ3v) is 3.55. The lowest BCUT2D eigenvalue weighted by atomic mass is 10.0. The van der Waals surface area contributed by atoms with Crippen molar-refractivity contribution in [2.75, 3.05) is 19.8 Å². The zero-order valence-electron chi connectivity index (χ0n) is 13.8. The van der Waals surface area contributed by atoms with E-state index in [2.05, 4.69) is 6.58 Å². The molecule has 0 radical (unpaired) electrons. The van der Waals surface area contributed by atoms with E-state index < -0.39 is 5.97 Å². The molecule has 4 heteroatoms. The molecule has 0 fully saturated rings. The van der Waals surface area contributed by atoms with Crippen LogP contribution >= 0.6 is 0 Å². The van der Waals surface area contributed by atoms with E-state index in [1.807, 2.05) is 49.4 Å². The number of aliphatic hydroxyl groups is 1. The second-order valence-corrected chi connectivity index (χ2v) is 5.39. The number of rotatable bonds is 8. The summed E-state index contributed by atoms with van der Waals surface area (Å²) in [5, 5.41) is 9.00. The molecule has 1 N–H and O–H groups in total. The summed E-state index contributed by atoms with van der Waals surface area (Å²) in [5.74, 6) is 0.294. The second kappa shape index (κ2) is 8.89. The van der Waals surface area contributed by atoms with Crippen LogP contribution in [0.15, 0.2) is 55.1 Å². The van der Waals surface area contributed by atoms with Crippen LogP contribution in [0.4, 0.5) is 0 Å². The lowest BCUT2D eigenvalue weighted by Crippen LogP contribution is -2.10. The Balaban J connectivity index is 2.11. The van der Waals surface area contributed by atoms with E-state index in [0.29, 0.717) is 6.42 Å². The highest BCUT2D eigenvalue weighted by atomic mass is 16.6. The van der Waals surface area contributed by atoms with Gasteiger partial charge >= 0.3 is 5.97 Å². The van der Waals surface area contributed by atoms with Crippen molar-refractivity contribution in [1.82, 2.24) is 0 Å². The van der Waals surface area contributed by atoms with Crippen LogP contribution in [-0.4, -0.2) is 30.9 Å². The van der Waals surface area contributed by atoms with E-state index in [9.17, 15) is 4.79 Å². The average molecular weight is 326 g/mol. The first-order valence-corrected chi connectivity index (χ1v) is 7.87. The minimum absolute atomic E-state index is 0.141. The van der Waals surface area contributed by atoms with Crippen molar-refractivity contribution < 1.29 is 19.4 Å². The van der Waals surface area contributed by atoms with Gasteiger partial charge in [-0.05, 0) is 36.1 Å². The van der Waals surface area contributed by atoms with Crippen molar-refractivity contribution in [1.29, 1.82) is 0 Å². The molecule has 126 valence electrons. The summed E-state index contributed by atoms with van der Waals surface area (Å²) >= 11 is 0. The SMILES string of the molecule is C=CC(=O)OCCOc1cc(C)ccc1-c1ccc(CCO)cc1. The van der Waals surface area contributed by atoms with Gasteiger partial charge in [-0.3, -0.25) is 0 Å². The molecule has 4 nitrogen and oxygen atoms in total. The molecule has 2 aromatic carbocycles. The molecule has 0 saturated carbocycles. The molecule has 0 spiro atoms. The lowest BCUT2D eigenvalue weighted by molar-refractivity contribution is -0.138. The third-order valence-electron chi connectivity index (χ3n) is 3.55. The molecule has 0 aliphatic heterocycles. The van der Waals surface area contributed by atoms with Crippen LogP contribution < -0.4 is 4.74 Å². The first-order chi connectivity index (χ1) is 11.6. The molecule has 0 unspecified atom stereocenters. The minimum atomic E-state index is -0.456. The molecule has 0 saturated heterocycles. The van der Waals surface area contributed by atoms with Crippen molar-refractivity contribution in [2.24, 2.45) is 0 Å². The van der Waals surface area contributed by atoms with Gasteiger partial charge in [0.05, 0.1) is 0 Å². The van der Waals surface area contributed by atoms with E-state index in [1.54, 1.807) is 0 Å². The van der Waals surface area contributed by atoms with Crippen molar-refractivity contribution in [3.8, 4) is 16.9 Å². The van der Waals surface area contributed by atoms with Crippen LogP contribution in [0.3, 0.4) is 0 Å². The maximum atomic E-state index is 11.0. The number of hydrogen-bond acceptors (Lipinski definition) is 4. The summed E-state index contributed by atoms with van der Waals surface area (Å²) in [5.41, 5.74) is 4.20. The summed E-state index contributed by atoms with van der Waals surface area (Å²) in [6.07, 6.45) is 1.78. The van der Waals surface area contributed by atoms with Gasteiger partial charge in [0, 0.05) is 18.2 Å². The molecule has 0 amide bonds.